The van der Waals surface area contributed by atoms with E-state index < -0.39 is 0 Å². The van der Waals surface area contributed by atoms with Gasteiger partial charge in [-0.05, 0) is 43.4 Å². The van der Waals surface area contributed by atoms with Crippen LogP contribution in [0.4, 0.5) is 11.4 Å². The number of carbonyl (C=O) groups is 1. The van der Waals surface area contributed by atoms with Crippen LogP contribution in [0.15, 0.2) is 18.2 Å². The number of hydrogen-bond acceptors (Lipinski definition) is 3. The number of carbonyl (C=O) groups excluding carboxylic acids is 1. The Bertz CT molecular complexity index is 543. The fraction of sp³-hybridized carbons (Fsp3) is 0.588. The summed E-state index contributed by atoms with van der Waals surface area (Å²) in [4.78, 5) is 14.9. The van der Waals surface area contributed by atoms with Crippen LogP contribution in [-0.2, 0) is 0 Å². The Kier molecular flexibility index (Phi) is 3.79. The molecule has 3 unspecified atom stereocenters. The van der Waals surface area contributed by atoms with Gasteiger partial charge in [0.25, 0.3) is 5.91 Å². The minimum absolute atomic E-state index is 0.163. The van der Waals surface area contributed by atoms with Gasteiger partial charge in [-0.25, -0.2) is 0 Å². The standard InChI is InChI=1S/C17H25N3O/c1-11-8-12(2)13(3)20(10-11)17(21)14-4-5-15-16(9-14)19-7-6-18-15/h4-5,9,11-13,18-19H,6-8,10H2,1-3H3. The van der Waals surface area contributed by atoms with Crippen molar-refractivity contribution in [3.63, 3.8) is 0 Å². The van der Waals surface area contributed by atoms with Crippen LogP contribution in [0.2, 0.25) is 0 Å². The van der Waals surface area contributed by atoms with E-state index in [9.17, 15) is 4.79 Å². The van der Waals surface area contributed by atoms with Gasteiger partial charge in [-0.1, -0.05) is 13.8 Å². The predicted molar refractivity (Wildman–Crippen MR) is 86.9 cm³/mol. The second kappa shape index (κ2) is 5.58. The zero-order chi connectivity index (χ0) is 15.0. The van der Waals surface area contributed by atoms with Crippen LogP contribution in [-0.4, -0.2) is 36.5 Å². The second-order valence-electron chi connectivity index (χ2n) is 6.63. The summed E-state index contributed by atoms with van der Waals surface area (Å²) in [6.07, 6.45) is 1.21. The zero-order valence-electron chi connectivity index (χ0n) is 13.1. The minimum Gasteiger partial charge on any atom is -0.382 e. The van der Waals surface area contributed by atoms with E-state index in [4.69, 9.17) is 0 Å². The molecule has 0 saturated carbocycles. The van der Waals surface area contributed by atoms with E-state index >= 15 is 0 Å². The maximum atomic E-state index is 12.9. The number of piperidine rings is 1. The molecule has 2 aliphatic rings. The van der Waals surface area contributed by atoms with Crippen molar-refractivity contribution in [3.8, 4) is 0 Å². The van der Waals surface area contributed by atoms with Gasteiger partial charge in [0.1, 0.15) is 0 Å². The maximum Gasteiger partial charge on any atom is 0.254 e. The molecule has 1 saturated heterocycles. The van der Waals surface area contributed by atoms with Crippen LogP contribution in [0.3, 0.4) is 0 Å². The summed E-state index contributed by atoms with van der Waals surface area (Å²) in [5.41, 5.74) is 2.92. The summed E-state index contributed by atoms with van der Waals surface area (Å²) in [6.45, 7) is 9.36. The van der Waals surface area contributed by atoms with Gasteiger partial charge < -0.3 is 15.5 Å². The van der Waals surface area contributed by atoms with Gasteiger partial charge in [-0.2, -0.15) is 0 Å². The Labute approximate surface area is 126 Å². The molecule has 1 fully saturated rings. The average molecular weight is 287 g/mol. The van der Waals surface area contributed by atoms with Crippen LogP contribution in [0.1, 0.15) is 37.6 Å². The van der Waals surface area contributed by atoms with Crippen molar-refractivity contribution in [2.45, 2.75) is 33.2 Å². The van der Waals surface area contributed by atoms with E-state index in [-0.39, 0.29) is 5.91 Å². The molecule has 4 heteroatoms. The van der Waals surface area contributed by atoms with Crippen LogP contribution >= 0.6 is 0 Å². The quantitative estimate of drug-likeness (QED) is 0.834. The molecule has 3 atom stereocenters. The third-order valence-corrected chi connectivity index (χ3v) is 4.88. The van der Waals surface area contributed by atoms with Crippen molar-refractivity contribution < 1.29 is 4.79 Å². The molecule has 0 spiro atoms. The highest BCUT2D eigenvalue weighted by atomic mass is 16.2. The monoisotopic (exact) mass is 287 g/mol. The lowest BCUT2D eigenvalue weighted by atomic mass is 9.85. The Hall–Kier alpha value is -1.71. The third-order valence-electron chi connectivity index (χ3n) is 4.88. The number of amides is 1. The molecule has 2 aliphatic heterocycles. The number of rotatable bonds is 1. The van der Waals surface area contributed by atoms with Gasteiger partial charge in [0.05, 0.1) is 11.4 Å². The molecule has 1 amide bonds. The molecule has 0 aromatic heterocycles. The second-order valence-corrected chi connectivity index (χ2v) is 6.63. The number of fused-ring (bicyclic) bond motifs is 1. The van der Waals surface area contributed by atoms with Crippen molar-refractivity contribution >= 4 is 17.3 Å². The maximum absolute atomic E-state index is 12.9. The fourth-order valence-corrected chi connectivity index (χ4v) is 3.52. The van der Waals surface area contributed by atoms with Crippen LogP contribution in [0, 0.1) is 11.8 Å². The number of anilines is 2. The van der Waals surface area contributed by atoms with Crippen molar-refractivity contribution in [3.05, 3.63) is 23.8 Å². The highest BCUT2D eigenvalue weighted by Crippen LogP contribution is 2.30. The molecule has 21 heavy (non-hydrogen) atoms. The van der Waals surface area contributed by atoms with Gasteiger partial charge >= 0.3 is 0 Å². The van der Waals surface area contributed by atoms with Crippen molar-refractivity contribution in [1.29, 1.82) is 0 Å². The molecular weight excluding hydrogens is 262 g/mol. The first-order valence-corrected chi connectivity index (χ1v) is 7.99. The van der Waals surface area contributed by atoms with Gasteiger partial charge in [0.15, 0.2) is 0 Å². The van der Waals surface area contributed by atoms with Crippen LogP contribution < -0.4 is 10.6 Å². The molecule has 0 aliphatic carbocycles. The van der Waals surface area contributed by atoms with Crippen molar-refractivity contribution in [1.82, 2.24) is 4.90 Å². The van der Waals surface area contributed by atoms with Gasteiger partial charge in [-0.15, -0.1) is 0 Å². The molecule has 3 rings (SSSR count). The van der Waals surface area contributed by atoms with E-state index in [2.05, 4.69) is 36.3 Å². The summed E-state index contributed by atoms with van der Waals surface area (Å²) >= 11 is 0. The molecule has 0 bridgehead atoms. The summed E-state index contributed by atoms with van der Waals surface area (Å²) in [5.74, 6) is 1.31. The normalized spacial score (nSPS) is 28.3. The highest BCUT2D eigenvalue weighted by Gasteiger charge is 2.32. The van der Waals surface area contributed by atoms with Gasteiger partial charge in [0, 0.05) is 31.2 Å². The first kappa shape index (κ1) is 14.2. The molecule has 0 radical (unpaired) electrons. The number of benzene rings is 1. The predicted octanol–water partition coefficient (Wildman–Crippen LogP) is 3.03. The Morgan fingerprint density at radius 3 is 2.62 bits per heavy atom. The molecule has 4 nitrogen and oxygen atoms in total. The van der Waals surface area contributed by atoms with E-state index in [1.165, 1.54) is 6.42 Å². The average Bonchev–Trinajstić information content (AvgIpc) is 2.49. The number of nitrogens with zero attached hydrogens (tertiary/aromatic N) is 1. The van der Waals surface area contributed by atoms with Crippen LogP contribution in [0.25, 0.3) is 0 Å². The van der Waals surface area contributed by atoms with E-state index in [1.54, 1.807) is 0 Å². The lowest BCUT2D eigenvalue weighted by Gasteiger charge is -2.41. The molecule has 2 N–H and O–H groups in total. The van der Waals surface area contributed by atoms with E-state index in [0.29, 0.717) is 17.9 Å². The lowest BCUT2D eigenvalue weighted by Crippen LogP contribution is -2.48. The fourth-order valence-electron chi connectivity index (χ4n) is 3.52. The topological polar surface area (TPSA) is 44.4 Å². The minimum atomic E-state index is 0.163. The first-order chi connectivity index (χ1) is 10.1. The SMILES string of the molecule is CC1CC(C)C(C)N(C(=O)c2ccc3c(c2)NCCN3)C1. The molecular formula is C17H25N3O. The largest absolute Gasteiger partial charge is 0.382 e. The number of nitrogens with one attached hydrogen (secondary N) is 2. The Morgan fingerprint density at radius 1 is 1.14 bits per heavy atom. The molecule has 114 valence electrons. The third kappa shape index (κ3) is 2.71. The van der Waals surface area contributed by atoms with Crippen molar-refractivity contribution in [2.75, 3.05) is 30.3 Å². The lowest BCUT2D eigenvalue weighted by molar-refractivity contribution is 0.0456. The molecule has 1 aromatic carbocycles. The number of likely N-dealkylation sites (tertiary alicyclic amines) is 1. The Balaban J connectivity index is 1.84. The molecule has 1 aromatic rings. The summed E-state index contributed by atoms with van der Waals surface area (Å²) in [7, 11) is 0. The molecule has 2 heterocycles. The summed E-state index contributed by atoms with van der Waals surface area (Å²) < 4.78 is 0. The Morgan fingerprint density at radius 2 is 1.86 bits per heavy atom. The van der Waals surface area contributed by atoms with E-state index in [0.717, 1.165) is 36.6 Å². The smallest absolute Gasteiger partial charge is 0.254 e. The summed E-state index contributed by atoms with van der Waals surface area (Å²) in [5, 5.41) is 6.70. The van der Waals surface area contributed by atoms with Crippen LogP contribution in [0.5, 0.6) is 0 Å². The van der Waals surface area contributed by atoms with E-state index in [1.807, 2.05) is 18.2 Å². The number of hydrogen-bond donors (Lipinski definition) is 2. The summed E-state index contributed by atoms with van der Waals surface area (Å²) in [6, 6.07) is 6.25. The van der Waals surface area contributed by atoms with Crippen molar-refractivity contribution in [2.24, 2.45) is 11.8 Å². The first-order valence-electron chi connectivity index (χ1n) is 7.99. The highest BCUT2D eigenvalue weighted by molar-refractivity contribution is 5.96. The zero-order valence-corrected chi connectivity index (χ0v) is 13.1. The van der Waals surface area contributed by atoms with Gasteiger partial charge in [0.2, 0.25) is 0 Å². The van der Waals surface area contributed by atoms with Gasteiger partial charge in [-0.3, -0.25) is 4.79 Å².